The minimum atomic E-state index is 0.457. The van der Waals surface area contributed by atoms with Crippen LogP contribution in [0.3, 0.4) is 0 Å². The molecule has 3 aromatic carbocycles. The molecule has 4 nitrogen and oxygen atoms in total. The molecule has 1 aromatic heterocycles. The Morgan fingerprint density at radius 1 is 0.793 bits per heavy atom. The fourth-order valence-electron chi connectivity index (χ4n) is 3.42. The summed E-state index contributed by atoms with van der Waals surface area (Å²) in [5.74, 6) is 2.75. The Bertz CT molecular complexity index is 1060. The number of hydrogen-bond donors (Lipinski definition) is 0. The van der Waals surface area contributed by atoms with Gasteiger partial charge in [-0.25, -0.2) is 4.98 Å². The van der Waals surface area contributed by atoms with E-state index >= 15 is 0 Å². The first-order valence-electron chi connectivity index (χ1n) is 10.1. The van der Waals surface area contributed by atoms with Gasteiger partial charge in [0.15, 0.2) is 0 Å². The molecule has 0 unspecified atom stereocenters. The molecule has 0 aliphatic rings. The molecule has 1 heterocycles. The third kappa shape index (κ3) is 4.96. The van der Waals surface area contributed by atoms with Crippen LogP contribution < -0.4 is 9.47 Å². The van der Waals surface area contributed by atoms with Crippen molar-refractivity contribution in [2.24, 2.45) is 0 Å². The molecule has 0 amide bonds. The summed E-state index contributed by atoms with van der Waals surface area (Å²) in [4.78, 5) is 4.80. The second-order valence-corrected chi connectivity index (χ2v) is 7.14. The Morgan fingerprint density at radius 3 is 2.45 bits per heavy atom. The Hall–Kier alpha value is -3.27. The zero-order valence-electron chi connectivity index (χ0n) is 16.8. The van der Waals surface area contributed by atoms with Crippen LogP contribution in [0.5, 0.6) is 11.5 Å². The van der Waals surface area contributed by atoms with Gasteiger partial charge in [0.25, 0.3) is 0 Å². The second kappa shape index (κ2) is 9.28. The fraction of sp³-hybridized carbons (Fsp3) is 0.240. The maximum absolute atomic E-state index is 6.02. The van der Waals surface area contributed by atoms with Gasteiger partial charge in [-0.1, -0.05) is 42.5 Å². The molecule has 0 aliphatic heterocycles. The maximum Gasteiger partial charge on any atom is 0.147 e. The number of benzene rings is 3. The van der Waals surface area contributed by atoms with Crippen molar-refractivity contribution in [3.05, 3.63) is 90.3 Å². The molecule has 0 bridgehead atoms. The lowest BCUT2D eigenvalue weighted by molar-refractivity contribution is 0.285. The van der Waals surface area contributed by atoms with Gasteiger partial charge in [0, 0.05) is 6.54 Å². The van der Waals surface area contributed by atoms with Gasteiger partial charge in [0.1, 0.15) is 23.9 Å². The van der Waals surface area contributed by atoms with Crippen LogP contribution in [-0.2, 0) is 13.2 Å². The van der Waals surface area contributed by atoms with E-state index in [-0.39, 0.29) is 0 Å². The van der Waals surface area contributed by atoms with Crippen LogP contribution in [-0.4, -0.2) is 16.2 Å². The first-order chi connectivity index (χ1) is 14.3. The van der Waals surface area contributed by atoms with Crippen LogP contribution in [0.1, 0.15) is 24.2 Å². The lowest BCUT2D eigenvalue weighted by atomic mass is 10.2. The summed E-state index contributed by atoms with van der Waals surface area (Å²) in [6.07, 6.45) is 2.00. The molecule has 4 heteroatoms. The molecule has 0 fully saturated rings. The van der Waals surface area contributed by atoms with E-state index in [4.69, 9.17) is 14.5 Å². The van der Waals surface area contributed by atoms with Crippen molar-refractivity contribution in [3.8, 4) is 11.5 Å². The lowest BCUT2D eigenvalue weighted by Gasteiger charge is -2.11. The van der Waals surface area contributed by atoms with Crippen LogP contribution in [0.25, 0.3) is 11.0 Å². The molecule has 0 atom stereocenters. The van der Waals surface area contributed by atoms with E-state index in [2.05, 4.69) is 35.8 Å². The van der Waals surface area contributed by atoms with Crippen molar-refractivity contribution >= 4 is 11.0 Å². The van der Waals surface area contributed by atoms with Gasteiger partial charge in [0.2, 0.25) is 0 Å². The average molecular weight is 386 g/mol. The first-order valence-corrected chi connectivity index (χ1v) is 10.1. The largest absolute Gasteiger partial charge is 0.494 e. The van der Waals surface area contributed by atoms with Gasteiger partial charge in [-0.05, 0) is 61.7 Å². The second-order valence-electron chi connectivity index (χ2n) is 7.14. The highest BCUT2D eigenvalue weighted by molar-refractivity contribution is 5.75. The van der Waals surface area contributed by atoms with Gasteiger partial charge in [0.05, 0.1) is 17.6 Å². The van der Waals surface area contributed by atoms with E-state index in [0.717, 1.165) is 47.7 Å². The van der Waals surface area contributed by atoms with Crippen molar-refractivity contribution < 1.29 is 9.47 Å². The number of aromatic nitrogens is 2. The van der Waals surface area contributed by atoms with Crippen LogP contribution in [0.2, 0.25) is 0 Å². The number of hydrogen-bond acceptors (Lipinski definition) is 3. The maximum atomic E-state index is 6.02. The van der Waals surface area contributed by atoms with Crippen molar-refractivity contribution in [2.45, 2.75) is 32.9 Å². The van der Waals surface area contributed by atoms with Crippen LogP contribution in [0, 0.1) is 6.92 Å². The van der Waals surface area contributed by atoms with Gasteiger partial charge < -0.3 is 14.0 Å². The Labute approximate surface area is 171 Å². The molecule has 0 saturated heterocycles. The minimum Gasteiger partial charge on any atom is -0.494 e. The van der Waals surface area contributed by atoms with Gasteiger partial charge in [-0.2, -0.15) is 0 Å². The van der Waals surface area contributed by atoms with Crippen LogP contribution >= 0.6 is 0 Å². The van der Waals surface area contributed by atoms with Crippen molar-refractivity contribution in [1.82, 2.24) is 9.55 Å². The normalized spacial score (nSPS) is 10.9. The Kier molecular flexibility index (Phi) is 6.10. The molecule has 0 saturated carbocycles. The summed E-state index contributed by atoms with van der Waals surface area (Å²) >= 11 is 0. The van der Waals surface area contributed by atoms with Crippen LogP contribution in [0.15, 0.2) is 78.9 Å². The zero-order chi connectivity index (χ0) is 19.9. The molecular formula is C25H26N2O2. The molecule has 0 aliphatic carbocycles. The fourth-order valence-corrected chi connectivity index (χ4v) is 3.42. The minimum absolute atomic E-state index is 0.457. The lowest BCUT2D eigenvalue weighted by Crippen LogP contribution is -2.09. The number of imidazole rings is 1. The average Bonchev–Trinajstić information content (AvgIpc) is 3.10. The first kappa shape index (κ1) is 19.1. The predicted octanol–water partition coefficient (Wildman–Crippen LogP) is 5.78. The van der Waals surface area contributed by atoms with Crippen molar-refractivity contribution in [2.75, 3.05) is 6.61 Å². The van der Waals surface area contributed by atoms with E-state index in [0.29, 0.717) is 13.2 Å². The molecule has 4 aromatic rings. The van der Waals surface area contributed by atoms with Crippen molar-refractivity contribution in [3.63, 3.8) is 0 Å². The molecule has 0 radical (unpaired) electrons. The summed E-state index contributed by atoms with van der Waals surface area (Å²) in [5, 5.41) is 0. The quantitative estimate of drug-likeness (QED) is 0.342. The standard InChI is InChI=1S/C25H26N2O2/c1-20-10-9-13-22(18-20)29-19-25-26-23-14-5-6-15-24(23)27(25)16-7-8-17-28-21-11-3-2-4-12-21/h2-6,9-15,18H,7-8,16-17,19H2,1H3. The van der Waals surface area contributed by atoms with Gasteiger partial charge >= 0.3 is 0 Å². The highest BCUT2D eigenvalue weighted by atomic mass is 16.5. The van der Waals surface area contributed by atoms with E-state index in [9.17, 15) is 0 Å². The SMILES string of the molecule is Cc1cccc(OCc2nc3ccccc3n2CCCCOc2ccccc2)c1. The van der Waals surface area contributed by atoms with Crippen molar-refractivity contribution in [1.29, 1.82) is 0 Å². The third-order valence-electron chi connectivity index (χ3n) is 4.88. The topological polar surface area (TPSA) is 36.3 Å². The smallest absolute Gasteiger partial charge is 0.147 e. The molecule has 29 heavy (non-hydrogen) atoms. The number of ether oxygens (including phenoxy) is 2. The van der Waals surface area contributed by atoms with E-state index in [1.54, 1.807) is 0 Å². The number of rotatable bonds is 9. The number of nitrogens with zero attached hydrogens (tertiary/aromatic N) is 2. The molecule has 0 spiro atoms. The van der Waals surface area contributed by atoms with Gasteiger partial charge in [-0.3, -0.25) is 0 Å². The molecule has 0 N–H and O–H groups in total. The van der Waals surface area contributed by atoms with E-state index in [1.807, 2.05) is 54.6 Å². The number of fused-ring (bicyclic) bond motifs is 1. The van der Waals surface area contributed by atoms with E-state index in [1.165, 1.54) is 5.56 Å². The summed E-state index contributed by atoms with van der Waals surface area (Å²) < 4.78 is 14.1. The molecular weight excluding hydrogens is 360 g/mol. The number of aryl methyl sites for hydroxylation is 2. The summed E-state index contributed by atoms with van der Waals surface area (Å²) in [6.45, 7) is 4.13. The predicted molar refractivity (Wildman–Crippen MR) is 116 cm³/mol. The third-order valence-corrected chi connectivity index (χ3v) is 4.88. The number of para-hydroxylation sites is 3. The van der Waals surface area contributed by atoms with Gasteiger partial charge in [-0.15, -0.1) is 0 Å². The zero-order valence-corrected chi connectivity index (χ0v) is 16.8. The monoisotopic (exact) mass is 386 g/mol. The Balaban J connectivity index is 1.39. The Morgan fingerprint density at radius 2 is 1.59 bits per heavy atom. The van der Waals surface area contributed by atoms with Crippen LogP contribution in [0.4, 0.5) is 0 Å². The summed E-state index contributed by atoms with van der Waals surface area (Å²) in [7, 11) is 0. The molecule has 148 valence electrons. The number of unbranched alkanes of at least 4 members (excludes halogenated alkanes) is 1. The summed E-state index contributed by atoms with van der Waals surface area (Å²) in [5.41, 5.74) is 3.35. The molecule has 4 rings (SSSR count). The summed E-state index contributed by atoms with van der Waals surface area (Å²) in [6, 6.07) is 26.4. The highest BCUT2D eigenvalue weighted by Crippen LogP contribution is 2.20. The highest BCUT2D eigenvalue weighted by Gasteiger charge is 2.11. The van der Waals surface area contributed by atoms with E-state index < -0.39 is 0 Å².